The lowest BCUT2D eigenvalue weighted by molar-refractivity contribution is 0.0954. The number of nitrogens with one attached hydrogen (secondary N) is 1. The number of aromatic nitrogens is 1. The van der Waals surface area contributed by atoms with Gasteiger partial charge in [-0.05, 0) is 30.2 Å². The fourth-order valence-corrected chi connectivity index (χ4v) is 1.64. The third kappa shape index (κ3) is 4.28. The molecule has 6 heteroatoms. The van der Waals surface area contributed by atoms with Gasteiger partial charge in [0.1, 0.15) is 11.6 Å². The highest BCUT2D eigenvalue weighted by molar-refractivity contribution is 5.93. The lowest BCUT2D eigenvalue weighted by atomic mass is 10.1. The molecule has 0 fully saturated rings. The standard InChI is InChI=1S/C14H12F2N2O.ClH/c15-12-2-1-10(13(16)9-12)5-8-18-14(19)11-3-6-17-7-4-11;/h1-4,6-7,9H,5,8H2,(H,18,19);1H. The Labute approximate surface area is 121 Å². The van der Waals surface area contributed by atoms with Crippen LogP contribution in [0.3, 0.4) is 0 Å². The van der Waals surface area contributed by atoms with Crippen LogP contribution >= 0.6 is 12.4 Å². The van der Waals surface area contributed by atoms with Crippen LogP contribution in [0.5, 0.6) is 0 Å². The van der Waals surface area contributed by atoms with Crippen molar-refractivity contribution in [3.8, 4) is 0 Å². The van der Waals surface area contributed by atoms with Gasteiger partial charge in [0.2, 0.25) is 0 Å². The second-order valence-corrected chi connectivity index (χ2v) is 3.98. The highest BCUT2D eigenvalue weighted by Crippen LogP contribution is 2.09. The van der Waals surface area contributed by atoms with E-state index >= 15 is 0 Å². The summed E-state index contributed by atoms with van der Waals surface area (Å²) < 4.78 is 26.0. The molecule has 20 heavy (non-hydrogen) atoms. The molecule has 3 nitrogen and oxygen atoms in total. The van der Waals surface area contributed by atoms with Gasteiger partial charge < -0.3 is 5.32 Å². The van der Waals surface area contributed by atoms with E-state index in [-0.39, 0.29) is 24.9 Å². The Bertz CT molecular complexity index is 579. The molecule has 2 aromatic rings. The molecule has 1 heterocycles. The van der Waals surface area contributed by atoms with Crippen LogP contribution in [0.15, 0.2) is 42.7 Å². The van der Waals surface area contributed by atoms with E-state index < -0.39 is 11.6 Å². The minimum atomic E-state index is -0.609. The molecule has 1 aromatic carbocycles. The van der Waals surface area contributed by atoms with Crippen molar-refractivity contribution in [2.24, 2.45) is 0 Å². The van der Waals surface area contributed by atoms with Gasteiger partial charge in [0.05, 0.1) is 0 Å². The van der Waals surface area contributed by atoms with Gasteiger partial charge in [0, 0.05) is 30.6 Å². The average Bonchev–Trinajstić information content (AvgIpc) is 2.42. The molecule has 0 unspecified atom stereocenters. The summed E-state index contributed by atoms with van der Waals surface area (Å²) in [5.74, 6) is -1.45. The van der Waals surface area contributed by atoms with Crippen molar-refractivity contribution in [2.75, 3.05) is 6.54 Å². The van der Waals surface area contributed by atoms with Crippen LogP contribution in [0.4, 0.5) is 8.78 Å². The zero-order valence-electron chi connectivity index (χ0n) is 10.5. The molecule has 0 aliphatic heterocycles. The minimum absolute atomic E-state index is 0. The fourth-order valence-electron chi connectivity index (χ4n) is 1.64. The van der Waals surface area contributed by atoms with E-state index in [1.165, 1.54) is 24.5 Å². The molecular weight excluding hydrogens is 286 g/mol. The molecule has 1 N–H and O–H groups in total. The molecule has 1 aromatic heterocycles. The number of nitrogens with zero attached hydrogens (tertiary/aromatic N) is 1. The number of rotatable bonds is 4. The Morgan fingerprint density at radius 1 is 1.15 bits per heavy atom. The summed E-state index contributed by atoms with van der Waals surface area (Å²) in [6.07, 6.45) is 3.35. The van der Waals surface area contributed by atoms with Crippen molar-refractivity contribution in [3.63, 3.8) is 0 Å². The van der Waals surface area contributed by atoms with E-state index in [1.807, 2.05) is 0 Å². The molecule has 1 amide bonds. The molecule has 0 radical (unpaired) electrons. The molecule has 106 valence electrons. The number of carbonyl (C=O) groups excluding carboxylic acids is 1. The monoisotopic (exact) mass is 298 g/mol. The summed E-state index contributed by atoms with van der Waals surface area (Å²) in [5, 5.41) is 2.66. The van der Waals surface area contributed by atoms with Gasteiger partial charge in [-0.15, -0.1) is 12.4 Å². The number of hydrogen-bond donors (Lipinski definition) is 1. The summed E-state index contributed by atoms with van der Waals surface area (Å²) in [6, 6.07) is 6.59. The van der Waals surface area contributed by atoms with Crippen LogP contribution in [0.1, 0.15) is 15.9 Å². The van der Waals surface area contributed by atoms with Crippen LogP contribution in [0.25, 0.3) is 0 Å². The third-order valence-electron chi connectivity index (χ3n) is 2.64. The van der Waals surface area contributed by atoms with Crippen molar-refractivity contribution in [2.45, 2.75) is 6.42 Å². The number of pyridine rings is 1. The zero-order valence-corrected chi connectivity index (χ0v) is 11.3. The van der Waals surface area contributed by atoms with Gasteiger partial charge in [-0.1, -0.05) is 6.07 Å². The third-order valence-corrected chi connectivity index (χ3v) is 2.64. The van der Waals surface area contributed by atoms with Crippen LogP contribution in [0, 0.1) is 11.6 Å². The smallest absolute Gasteiger partial charge is 0.251 e. The molecule has 0 saturated carbocycles. The molecule has 0 atom stereocenters. The van der Waals surface area contributed by atoms with Gasteiger partial charge in [-0.2, -0.15) is 0 Å². The number of benzene rings is 1. The second kappa shape index (κ2) is 7.55. The number of amides is 1. The second-order valence-electron chi connectivity index (χ2n) is 3.98. The van der Waals surface area contributed by atoms with E-state index in [9.17, 15) is 13.6 Å². The average molecular weight is 299 g/mol. The van der Waals surface area contributed by atoms with E-state index in [0.29, 0.717) is 17.5 Å². The summed E-state index contributed by atoms with van der Waals surface area (Å²) in [5.41, 5.74) is 0.867. The normalized spacial score (nSPS) is 9.70. The Kier molecular flexibility index (Phi) is 6.06. The minimum Gasteiger partial charge on any atom is -0.352 e. The number of carbonyl (C=O) groups is 1. The molecule has 0 aliphatic rings. The maximum absolute atomic E-state index is 13.3. The lowest BCUT2D eigenvalue weighted by Gasteiger charge is -2.06. The number of hydrogen-bond acceptors (Lipinski definition) is 2. The van der Waals surface area contributed by atoms with Crippen molar-refractivity contribution in [1.82, 2.24) is 10.3 Å². The van der Waals surface area contributed by atoms with Crippen LogP contribution in [-0.2, 0) is 6.42 Å². The predicted octanol–water partition coefficient (Wildman–Crippen LogP) is 2.75. The summed E-state index contributed by atoms with van der Waals surface area (Å²) >= 11 is 0. The maximum Gasteiger partial charge on any atom is 0.251 e. The van der Waals surface area contributed by atoms with Gasteiger partial charge in [0.15, 0.2) is 0 Å². The van der Waals surface area contributed by atoms with Crippen molar-refractivity contribution in [1.29, 1.82) is 0 Å². The SMILES string of the molecule is Cl.O=C(NCCc1ccc(F)cc1F)c1ccncc1. The fraction of sp³-hybridized carbons (Fsp3) is 0.143. The van der Waals surface area contributed by atoms with E-state index in [2.05, 4.69) is 10.3 Å². The topological polar surface area (TPSA) is 42.0 Å². The summed E-state index contributed by atoms with van der Waals surface area (Å²) in [7, 11) is 0. The molecule has 0 spiro atoms. The lowest BCUT2D eigenvalue weighted by Crippen LogP contribution is -2.25. The van der Waals surface area contributed by atoms with Crippen molar-refractivity contribution in [3.05, 3.63) is 65.5 Å². The van der Waals surface area contributed by atoms with Crippen molar-refractivity contribution < 1.29 is 13.6 Å². The summed E-state index contributed by atoms with van der Waals surface area (Å²) in [4.78, 5) is 15.5. The van der Waals surface area contributed by atoms with Crippen LogP contribution < -0.4 is 5.32 Å². The first-order chi connectivity index (χ1) is 9.16. The van der Waals surface area contributed by atoms with Crippen LogP contribution in [0.2, 0.25) is 0 Å². The maximum atomic E-state index is 13.3. The van der Waals surface area contributed by atoms with E-state index in [4.69, 9.17) is 0 Å². The Hall–Kier alpha value is -2.01. The van der Waals surface area contributed by atoms with E-state index in [0.717, 1.165) is 6.07 Å². The van der Waals surface area contributed by atoms with Gasteiger partial charge in [-0.3, -0.25) is 9.78 Å². The highest BCUT2D eigenvalue weighted by atomic mass is 35.5. The molecule has 0 saturated heterocycles. The Balaban J connectivity index is 0.00000200. The predicted molar refractivity (Wildman–Crippen MR) is 73.9 cm³/mol. The van der Waals surface area contributed by atoms with Crippen molar-refractivity contribution >= 4 is 18.3 Å². The Morgan fingerprint density at radius 2 is 1.85 bits per heavy atom. The summed E-state index contributed by atoms with van der Waals surface area (Å²) in [6.45, 7) is 0.281. The zero-order chi connectivity index (χ0) is 13.7. The molecular formula is C14H13ClF2N2O. The van der Waals surface area contributed by atoms with Crippen LogP contribution in [-0.4, -0.2) is 17.4 Å². The quantitative estimate of drug-likeness (QED) is 0.943. The largest absolute Gasteiger partial charge is 0.352 e. The van der Waals surface area contributed by atoms with Gasteiger partial charge >= 0.3 is 0 Å². The molecule has 2 rings (SSSR count). The van der Waals surface area contributed by atoms with Gasteiger partial charge in [-0.25, -0.2) is 8.78 Å². The first kappa shape index (κ1) is 16.0. The number of halogens is 3. The molecule has 0 bridgehead atoms. The molecule has 0 aliphatic carbocycles. The highest BCUT2D eigenvalue weighted by Gasteiger charge is 2.06. The first-order valence-corrected chi connectivity index (χ1v) is 5.79. The van der Waals surface area contributed by atoms with Gasteiger partial charge in [0.25, 0.3) is 5.91 Å². The first-order valence-electron chi connectivity index (χ1n) is 5.79. The Morgan fingerprint density at radius 3 is 2.50 bits per heavy atom. The van der Waals surface area contributed by atoms with E-state index in [1.54, 1.807) is 12.1 Å².